The normalized spacial score (nSPS) is 30.0. The predicted molar refractivity (Wildman–Crippen MR) is 74.5 cm³/mol. The largest absolute Gasteiger partial charge is 0.455 e. The van der Waals surface area contributed by atoms with Gasteiger partial charge in [-0.05, 0) is 5.56 Å². The quantitative estimate of drug-likeness (QED) is 0.766. The van der Waals surface area contributed by atoms with Gasteiger partial charge in [0.2, 0.25) is 6.29 Å². The Morgan fingerprint density at radius 2 is 2.09 bits per heavy atom. The van der Waals surface area contributed by atoms with Gasteiger partial charge in [0.1, 0.15) is 0 Å². The summed E-state index contributed by atoms with van der Waals surface area (Å²) in [5, 5.41) is 0. The van der Waals surface area contributed by atoms with Crippen molar-refractivity contribution in [3.8, 4) is 0 Å². The topological polar surface area (TPSA) is 71.1 Å². The predicted octanol–water partition coefficient (Wildman–Crippen LogP) is 1.42. The monoisotopic (exact) mass is 306 g/mol. The molecule has 0 spiro atoms. The third kappa shape index (κ3) is 3.28. The van der Waals surface area contributed by atoms with E-state index in [2.05, 4.69) is 0 Å². The van der Waals surface area contributed by atoms with Gasteiger partial charge in [-0.2, -0.15) is 0 Å². The van der Waals surface area contributed by atoms with Crippen LogP contribution in [0.1, 0.15) is 18.9 Å². The molecule has 3 rings (SSSR count). The minimum Gasteiger partial charge on any atom is -0.455 e. The van der Waals surface area contributed by atoms with Gasteiger partial charge in [0.05, 0.1) is 25.7 Å². The summed E-state index contributed by atoms with van der Waals surface area (Å²) in [5.74, 6) is -0.881. The number of rotatable bonds is 5. The molecule has 2 fully saturated rings. The maximum Gasteiger partial charge on any atom is 0.306 e. The number of esters is 2. The SMILES string of the molecule is CC(=O)OC1O[C@H](COCc2ccccc2)[C@H]2CC(=O)O[C@@H]12. The Hall–Kier alpha value is -1.92. The van der Waals surface area contributed by atoms with Gasteiger partial charge in [-0.15, -0.1) is 0 Å². The number of fused-ring (bicyclic) bond motifs is 1. The highest BCUT2D eigenvalue weighted by Gasteiger charge is 2.53. The van der Waals surface area contributed by atoms with Crippen molar-refractivity contribution in [3.05, 3.63) is 35.9 Å². The Balaban J connectivity index is 1.56. The Bertz CT molecular complexity index is 543. The van der Waals surface area contributed by atoms with Crippen LogP contribution in [0.5, 0.6) is 0 Å². The minimum absolute atomic E-state index is 0.132. The highest BCUT2D eigenvalue weighted by molar-refractivity contribution is 5.72. The van der Waals surface area contributed by atoms with Crippen molar-refractivity contribution in [2.45, 2.75) is 38.4 Å². The number of carbonyl (C=O) groups is 2. The van der Waals surface area contributed by atoms with E-state index in [0.29, 0.717) is 13.2 Å². The summed E-state index contributed by atoms with van der Waals surface area (Å²) < 4.78 is 21.6. The molecule has 0 N–H and O–H groups in total. The molecular weight excluding hydrogens is 288 g/mol. The summed E-state index contributed by atoms with van der Waals surface area (Å²) >= 11 is 0. The molecule has 1 aromatic carbocycles. The second-order valence-electron chi connectivity index (χ2n) is 5.48. The fourth-order valence-corrected chi connectivity index (χ4v) is 2.84. The van der Waals surface area contributed by atoms with Crippen LogP contribution in [0.3, 0.4) is 0 Å². The summed E-state index contributed by atoms with van der Waals surface area (Å²) in [5.41, 5.74) is 1.06. The van der Waals surface area contributed by atoms with E-state index in [1.54, 1.807) is 0 Å². The molecule has 118 valence electrons. The number of carbonyl (C=O) groups excluding carboxylic acids is 2. The van der Waals surface area contributed by atoms with Gasteiger partial charge in [0, 0.05) is 12.8 Å². The van der Waals surface area contributed by atoms with Crippen molar-refractivity contribution in [3.63, 3.8) is 0 Å². The van der Waals surface area contributed by atoms with Gasteiger partial charge in [0.15, 0.2) is 6.10 Å². The van der Waals surface area contributed by atoms with Crippen LogP contribution in [0.2, 0.25) is 0 Å². The average Bonchev–Trinajstić information content (AvgIpc) is 3.00. The standard InChI is InChI=1S/C16H18O6/c1-10(17)20-16-15-12(7-14(18)22-15)13(21-16)9-19-8-11-5-3-2-4-6-11/h2-6,12-13,15-16H,7-9H2,1H3/t12-,13-,15-,16?/m1/s1. The van der Waals surface area contributed by atoms with Crippen molar-refractivity contribution < 1.29 is 28.5 Å². The van der Waals surface area contributed by atoms with Crippen LogP contribution >= 0.6 is 0 Å². The lowest BCUT2D eigenvalue weighted by Gasteiger charge is -2.16. The van der Waals surface area contributed by atoms with E-state index in [-0.39, 0.29) is 24.4 Å². The molecule has 0 aliphatic carbocycles. The maximum absolute atomic E-state index is 11.5. The third-order valence-corrected chi connectivity index (χ3v) is 3.82. The summed E-state index contributed by atoms with van der Waals surface area (Å²) in [7, 11) is 0. The molecular formula is C16H18O6. The first-order valence-corrected chi connectivity index (χ1v) is 7.27. The van der Waals surface area contributed by atoms with Crippen molar-refractivity contribution >= 4 is 11.9 Å². The third-order valence-electron chi connectivity index (χ3n) is 3.82. The van der Waals surface area contributed by atoms with Crippen LogP contribution in [0.4, 0.5) is 0 Å². The van der Waals surface area contributed by atoms with Crippen molar-refractivity contribution in [1.29, 1.82) is 0 Å². The smallest absolute Gasteiger partial charge is 0.306 e. The molecule has 2 saturated heterocycles. The molecule has 0 radical (unpaired) electrons. The van der Waals surface area contributed by atoms with E-state index in [9.17, 15) is 9.59 Å². The molecule has 6 nitrogen and oxygen atoms in total. The number of hydrogen-bond donors (Lipinski definition) is 0. The molecule has 2 aliphatic heterocycles. The molecule has 2 heterocycles. The Labute approximate surface area is 128 Å². The molecule has 0 amide bonds. The van der Waals surface area contributed by atoms with Crippen LogP contribution in [0, 0.1) is 5.92 Å². The van der Waals surface area contributed by atoms with Crippen LogP contribution < -0.4 is 0 Å². The Morgan fingerprint density at radius 1 is 1.32 bits per heavy atom. The molecule has 0 aromatic heterocycles. The molecule has 0 saturated carbocycles. The van der Waals surface area contributed by atoms with E-state index >= 15 is 0 Å². The maximum atomic E-state index is 11.5. The summed E-state index contributed by atoms with van der Waals surface area (Å²) in [6, 6.07) is 9.78. The fourth-order valence-electron chi connectivity index (χ4n) is 2.84. The second-order valence-corrected chi connectivity index (χ2v) is 5.48. The van der Waals surface area contributed by atoms with Gasteiger partial charge in [0.25, 0.3) is 0 Å². The first-order valence-electron chi connectivity index (χ1n) is 7.27. The average molecular weight is 306 g/mol. The molecule has 22 heavy (non-hydrogen) atoms. The van der Waals surface area contributed by atoms with Crippen LogP contribution in [-0.4, -0.2) is 37.0 Å². The fraction of sp³-hybridized carbons (Fsp3) is 0.500. The first kappa shape index (κ1) is 15.0. The highest BCUT2D eigenvalue weighted by Crippen LogP contribution is 2.38. The molecule has 0 bridgehead atoms. The Kier molecular flexibility index (Phi) is 4.40. The first-order chi connectivity index (χ1) is 10.6. The van der Waals surface area contributed by atoms with E-state index in [4.69, 9.17) is 18.9 Å². The van der Waals surface area contributed by atoms with Crippen molar-refractivity contribution in [1.82, 2.24) is 0 Å². The zero-order valence-electron chi connectivity index (χ0n) is 12.3. The lowest BCUT2D eigenvalue weighted by Crippen LogP contribution is -2.29. The van der Waals surface area contributed by atoms with Crippen molar-refractivity contribution in [2.75, 3.05) is 6.61 Å². The van der Waals surface area contributed by atoms with Crippen molar-refractivity contribution in [2.24, 2.45) is 5.92 Å². The molecule has 1 unspecified atom stereocenters. The molecule has 4 atom stereocenters. The summed E-state index contributed by atoms with van der Waals surface area (Å²) in [6.45, 7) is 2.09. The van der Waals surface area contributed by atoms with Gasteiger partial charge in [-0.3, -0.25) is 9.59 Å². The minimum atomic E-state index is -0.834. The van der Waals surface area contributed by atoms with Gasteiger partial charge in [-0.1, -0.05) is 30.3 Å². The van der Waals surface area contributed by atoms with Crippen LogP contribution in [0.15, 0.2) is 30.3 Å². The number of ether oxygens (including phenoxy) is 4. The number of hydrogen-bond acceptors (Lipinski definition) is 6. The van der Waals surface area contributed by atoms with E-state index in [1.807, 2.05) is 30.3 Å². The van der Waals surface area contributed by atoms with Gasteiger partial charge >= 0.3 is 11.9 Å². The zero-order chi connectivity index (χ0) is 15.5. The zero-order valence-corrected chi connectivity index (χ0v) is 12.3. The molecule has 2 aliphatic rings. The highest BCUT2D eigenvalue weighted by atomic mass is 16.7. The summed E-state index contributed by atoms with van der Waals surface area (Å²) in [4.78, 5) is 22.6. The van der Waals surface area contributed by atoms with E-state index in [1.165, 1.54) is 6.92 Å². The molecule has 6 heteroatoms. The Morgan fingerprint density at radius 3 is 2.82 bits per heavy atom. The van der Waals surface area contributed by atoms with Crippen LogP contribution in [-0.2, 0) is 35.1 Å². The van der Waals surface area contributed by atoms with Gasteiger partial charge < -0.3 is 18.9 Å². The lowest BCUT2D eigenvalue weighted by atomic mass is 9.98. The summed E-state index contributed by atoms with van der Waals surface area (Å²) in [6.07, 6.45) is -1.41. The van der Waals surface area contributed by atoms with E-state index in [0.717, 1.165) is 5.56 Å². The molecule has 1 aromatic rings. The number of benzene rings is 1. The van der Waals surface area contributed by atoms with E-state index < -0.39 is 18.4 Å². The lowest BCUT2D eigenvalue weighted by molar-refractivity contribution is -0.195. The van der Waals surface area contributed by atoms with Crippen LogP contribution in [0.25, 0.3) is 0 Å². The van der Waals surface area contributed by atoms with Gasteiger partial charge in [-0.25, -0.2) is 0 Å². The second kappa shape index (κ2) is 6.46.